The summed E-state index contributed by atoms with van der Waals surface area (Å²) in [5, 5.41) is 0. The van der Waals surface area contributed by atoms with Gasteiger partial charge in [0, 0.05) is 0 Å². The Kier molecular flexibility index (Phi) is 18.6. The van der Waals surface area contributed by atoms with Gasteiger partial charge in [0.1, 0.15) is 0 Å². The van der Waals surface area contributed by atoms with Crippen molar-refractivity contribution in [2.24, 2.45) is 41.4 Å². The molecule has 0 heterocycles. The summed E-state index contributed by atoms with van der Waals surface area (Å²) in [5.41, 5.74) is 0. The van der Waals surface area contributed by atoms with E-state index in [0.29, 0.717) is 0 Å². The lowest BCUT2D eigenvalue weighted by Gasteiger charge is -2.40. The van der Waals surface area contributed by atoms with Crippen LogP contribution in [0.1, 0.15) is 152 Å². The first-order chi connectivity index (χ1) is 14.3. The fourth-order valence-corrected chi connectivity index (χ4v) is 6.24. The molecule has 0 aromatic carbocycles. The molecule has 0 spiro atoms. The molecule has 0 heteroatoms. The molecule has 0 aliphatic carbocycles. The zero-order valence-corrected chi connectivity index (χ0v) is 22.9. The number of hydrogen-bond acceptors (Lipinski definition) is 0. The van der Waals surface area contributed by atoms with Crippen molar-refractivity contribution in [3.05, 3.63) is 0 Å². The summed E-state index contributed by atoms with van der Waals surface area (Å²) in [6.07, 6.45) is 19.8. The molecule has 0 rings (SSSR count). The predicted molar refractivity (Wildman–Crippen MR) is 140 cm³/mol. The molecule has 0 N–H and O–H groups in total. The first kappa shape index (κ1) is 30.0. The molecule has 0 saturated carbocycles. The minimum absolute atomic E-state index is 0.867. The fraction of sp³-hybridized carbons (Fsp3) is 1.00. The van der Waals surface area contributed by atoms with Crippen LogP contribution >= 0.6 is 0 Å². The summed E-state index contributed by atoms with van der Waals surface area (Å²) in [5.74, 6) is 6.24. The summed E-state index contributed by atoms with van der Waals surface area (Å²) in [4.78, 5) is 0. The lowest BCUT2D eigenvalue weighted by Crippen LogP contribution is -2.32. The first-order valence-corrected chi connectivity index (χ1v) is 14.3. The minimum atomic E-state index is 0.867. The van der Waals surface area contributed by atoms with Crippen molar-refractivity contribution in [1.29, 1.82) is 0 Å². The van der Waals surface area contributed by atoms with Crippen LogP contribution in [-0.4, -0.2) is 0 Å². The summed E-state index contributed by atoms with van der Waals surface area (Å²) in [6, 6.07) is 0. The number of rotatable bonds is 20. The lowest BCUT2D eigenvalue weighted by molar-refractivity contribution is 0.0910. The van der Waals surface area contributed by atoms with Crippen molar-refractivity contribution in [3.63, 3.8) is 0 Å². The van der Waals surface area contributed by atoms with Crippen molar-refractivity contribution >= 4 is 0 Å². The second-order valence-corrected chi connectivity index (χ2v) is 11.4. The Morgan fingerprint density at radius 2 is 0.967 bits per heavy atom. The van der Waals surface area contributed by atoms with E-state index in [-0.39, 0.29) is 0 Å². The SMILES string of the molecule is CCCCCCC(C)CC(C)CC(C)C(CCCCCC)C(C(C)CC)C(C)CC. The Labute approximate surface area is 193 Å². The van der Waals surface area contributed by atoms with E-state index in [1.165, 1.54) is 89.9 Å². The predicted octanol–water partition coefficient (Wildman–Crippen LogP) is 10.9. The summed E-state index contributed by atoms with van der Waals surface area (Å²) in [7, 11) is 0. The van der Waals surface area contributed by atoms with E-state index in [1.807, 2.05) is 0 Å². The van der Waals surface area contributed by atoms with Gasteiger partial charge in [-0.15, -0.1) is 0 Å². The quantitative estimate of drug-likeness (QED) is 0.171. The molecule has 6 atom stereocenters. The summed E-state index contributed by atoms with van der Waals surface area (Å²) in [6.45, 7) is 22.3. The van der Waals surface area contributed by atoms with E-state index >= 15 is 0 Å². The minimum Gasteiger partial charge on any atom is -0.0654 e. The maximum Gasteiger partial charge on any atom is -0.0332 e. The monoisotopic (exact) mass is 422 g/mol. The van der Waals surface area contributed by atoms with Gasteiger partial charge >= 0.3 is 0 Å². The lowest BCUT2D eigenvalue weighted by atomic mass is 9.65. The van der Waals surface area contributed by atoms with Gasteiger partial charge in [-0.25, -0.2) is 0 Å². The first-order valence-electron chi connectivity index (χ1n) is 14.3. The fourth-order valence-electron chi connectivity index (χ4n) is 6.24. The molecule has 0 aromatic heterocycles. The van der Waals surface area contributed by atoms with Crippen LogP contribution in [0.4, 0.5) is 0 Å². The molecule has 0 amide bonds. The van der Waals surface area contributed by atoms with E-state index in [4.69, 9.17) is 0 Å². The van der Waals surface area contributed by atoms with Crippen molar-refractivity contribution in [2.45, 2.75) is 152 Å². The van der Waals surface area contributed by atoms with Crippen LogP contribution in [0.3, 0.4) is 0 Å². The molecule has 0 aliphatic rings. The van der Waals surface area contributed by atoms with Gasteiger partial charge in [-0.2, -0.15) is 0 Å². The third kappa shape index (κ3) is 12.8. The molecule has 6 unspecified atom stereocenters. The van der Waals surface area contributed by atoms with Crippen molar-refractivity contribution < 1.29 is 0 Å². The normalized spacial score (nSPS) is 19.1. The van der Waals surface area contributed by atoms with Gasteiger partial charge in [-0.1, -0.05) is 133 Å². The Morgan fingerprint density at radius 3 is 1.43 bits per heavy atom. The van der Waals surface area contributed by atoms with Gasteiger partial charge < -0.3 is 0 Å². The average Bonchev–Trinajstić information content (AvgIpc) is 2.72. The molecule has 0 radical (unpaired) electrons. The van der Waals surface area contributed by atoms with Crippen molar-refractivity contribution in [1.82, 2.24) is 0 Å². The molecular formula is C30H62. The second kappa shape index (κ2) is 18.6. The Hall–Kier alpha value is 0. The Morgan fingerprint density at radius 1 is 0.467 bits per heavy atom. The highest BCUT2D eigenvalue weighted by molar-refractivity contribution is 4.83. The molecule has 30 heavy (non-hydrogen) atoms. The highest BCUT2D eigenvalue weighted by Gasteiger charge is 2.33. The van der Waals surface area contributed by atoms with E-state index in [2.05, 4.69) is 62.3 Å². The van der Waals surface area contributed by atoms with Gasteiger partial charge in [0.15, 0.2) is 0 Å². The molecule has 0 bridgehead atoms. The molecule has 0 aromatic rings. The van der Waals surface area contributed by atoms with Crippen molar-refractivity contribution in [3.8, 4) is 0 Å². The van der Waals surface area contributed by atoms with Crippen LogP contribution in [0, 0.1) is 41.4 Å². The van der Waals surface area contributed by atoms with E-state index in [1.54, 1.807) is 0 Å². The van der Waals surface area contributed by atoms with E-state index in [0.717, 1.165) is 41.4 Å². The van der Waals surface area contributed by atoms with Crippen molar-refractivity contribution in [2.75, 3.05) is 0 Å². The average molecular weight is 423 g/mol. The third-order valence-corrected chi connectivity index (χ3v) is 8.35. The molecular weight excluding hydrogens is 360 g/mol. The van der Waals surface area contributed by atoms with Crippen LogP contribution in [0.25, 0.3) is 0 Å². The van der Waals surface area contributed by atoms with Crippen LogP contribution in [-0.2, 0) is 0 Å². The van der Waals surface area contributed by atoms with Gasteiger partial charge in [0.25, 0.3) is 0 Å². The Balaban J connectivity index is 4.96. The third-order valence-electron chi connectivity index (χ3n) is 8.35. The summed E-state index contributed by atoms with van der Waals surface area (Å²) < 4.78 is 0. The summed E-state index contributed by atoms with van der Waals surface area (Å²) >= 11 is 0. The molecule has 182 valence electrons. The zero-order chi connectivity index (χ0) is 22.9. The highest BCUT2D eigenvalue weighted by Crippen LogP contribution is 2.42. The smallest absolute Gasteiger partial charge is 0.0332 e. The van der Waals surface area contributed by atoms with Gasteiger partial charge in [-0.05, 0) is 60.7 Å². The Bertz CT molecular complexity index is 349. The van der Waals surface area contributed by atoms with Gasteiger partial charge in [0.2, 0.25) is 0 Å². The molecule has 0 saturated heterocycles. The maximum atomic E-state index is 2.62. The second-order valence-electron chi connectivity index (χ2n) is 11.4. The van der Waals surface area contributed by atoms with Gasteiger partial charge in [-0.3, -0.25) is 0 Å². The number of unbranched alkanes of at least 4 members (excludes halogenated alkanes) is 6. The van der Waals surface area contributed by atoms with Crippen LogP contribution in [0.5, 0.6) is 0 Å². The topological polar surface area (TPSA) is 0 Å². The standard InChI is InChI=1S/C30H62/c1-10-14-16-18-20-24(5)22-25(6)23-28(9)29(21-19-17-15-11-2)30(26(7)12-3)27(8)13-4/h24-30H,10-23H2,1-9H3. The molecule has 0 fully saturated rings. The zero-order valence-electron chi connectivity index (χ0n) is 22.9. The van der Waals surface area contributed by atoms with Gasteiger partial charge in [0.05, 0.1) is 0 Å². The van der Waals surface area contributed by atoms with Crippen LogP contribution in [0.15, 0.2) is 0 Å². The number of hydrogen-bond donors (Lipinski definition) is 0. The molecule has 0 aliphatic heterocycles. The molecule has 0 nitrogen and oxygen atoms in total. The largest absolute Gasteiger partial charge is 0.0654 e. The van der Waals surface area contributed by atoms with Crippen LogP contribution in [0.2, 0.25) is 0 Å². The van der Waals surface area contributed by atoms with Crippen LogP contribution < -0.4 is 0 Å². The van der Waals surface area contributed by atoms with E-state index < -0.39 is 0 Å². The van der Waals surface area contributed by atoms with E-state index in [9.17, 15) is 0 Å². The maximum absolute atomic E-state index is 2.62. The highest BCUT2D eigenvalue weighted by atomic mass is 14.4.